The maximum atomic E-state index is 12.5. The number of carbonyl (C=O) groups is 2. The van der Waals surface area contributed by atoms with E-state index in [2.05, 4.69) is 16.0 Å². The highest BCUT2D eigenvalue weighted by Crippen LogP contribution is 2.43. The lowest BCUT2D eigenvalue weighted by Gasteiger charge is -2.25. The van der Waals surface area contributed by atoms with Gasteiger partial charge in [-0.2, -0.15) is 0 Å². The summed E-state index contributed by atoms with van der Waals surface area (Å²) >= 11 is 0. The van der Waals surface area contributed by atoms with Crippen LogP contribution in [-0.2, 0) is 19.7 Å². The van der Waals surface area contributed by atoms with Crippen LogP contribution in [0.15, 0.2) is 24.3 Å². The van der Waals surface area contributed by atoms with Gasteiger partial charge in [-0.15, -0.1) is 0 Å². The van der Waals surface area contributed by atoms with E-state index in [1.807, 2.05) is 24.3 Å². The molecule has 0 aromatic heterocycles. The monoisotopic (exact) mass is 315 g/mol. The van der Waals surface area contributed by atoms with E-state index in [0.717, 1.165) is 24.1 Å². The van der Waals surface area contributed by atoms with Crippen molar-refractivity contribution in [2.45, 2.75) is 36.8 Å². The molecule has 0 unspecified atom stereocenters. The summed E-state index contributed by atoms with van der Waals surface area (Å²) in [4.78, 5) is 25.0. The molecule has 2 atom stereocenters. The lowest BCUT2D eigenvalue weighted by Crippen LogP contribution is -2.47. The van der Waals surface area contributed by atoms with Crippen molar-refractivity contribution in [3.05, 3.63) is 29.8 Å². The molecular weight excluding hydrogens is 294 g/mol. The average Bonchev–Trinajstić information content (AvgIpc) is 3.13. The molecule has 0 aliphatic carbocycles. The van der Waals surface area contributed by atoms with Crippen LogP contribution >= 0.6 is 0 Å². The van der Waals surface area contributed by atoms with Gasteiger partial charge in [0, 0.05) is 31.5 Å². The normalized spacial score (nSPS) is 30.3. The van der Waals surface area contributed by atoms with Crippen molar-refractivity contribution in [1.82, 2.24) is 10.6 Å². The van der Waals surface area contributed by atoms with Gasteiger partial charge in [0.1, 0.15) is 0 Å². The third-order valence-electron chi connectivity index (χ3n) is 5.21. The van der Waals surface area contributed by atoms with E-state index >= 15 is 0 Å². The molecule has 4 rings (SSSR count). The minimum atomic E-state index is -0.617. The Kier molecular flexibility index (Phi) is 3.58. The number of carbonyl (C=O) groups excluding carboxylic acids is 2. The minimum absolute atomic E-state index is 0.00688. The third-order valence-corrected chi connectivity index (χ3v) is 5.21. The highest BCUT2D eigenvalue weighted by atomic mass is 16.5. The molecular formula is C17H21N3O3. The molecule has 2 saturated heterocycles. The first kappa shape index (κ1) is 14.7. The molecule has 2 amide bonds. The summed E-state index contributed by atoms with van der Waals surface area (Å²) < 4.78 is 5.32. The van der Waals surface area contributed by atoms with Gasteiger partial charge in [-0.05, 0) is 30.9 Å². The predicted molar refractivity (Wildman–Crippen MR) is 85.1 cm³/mol. The quantitative estimate of drug-likeness (QED) is 0.744. The molecule has 3 N–H and O–H groups in total. The lowest BCUT2D eigenvalue weighted by atomic mass is 9.79. The second kappa shape index (κ2) is 5.62. The minimum Gasteiger partial charge on any atom is -0.381 e. The van der Waals surface area contributed by atoms with Crippen LogP contribution in [0.3, 0.4) is 0 Å². The molecule has 3 heterocycles. The number of rotatable bonds is 2. The molecule has 1 aromatic rings. The van der Waals surface area contributed by atoms with Crippen LogP contribution < -0.4 is 16.0 Å². The molecule has 6 nitrogen and oxygen atoms in total. The van der Waals surface area contributed by atoms with E-state index in [-0.39, 0.29) is 23.9 Å². The zero-order valence-corrected chi connectivity index (χ0v) is 12.9. The van der Waals surface area contributed by atoms with Crippen LogP contribution in [-0.4, -0.2) is 43.7 Å². The number of amides is 2. The highest BCUT2D eigenvalue weighted by Gasteiger charge is 2.52. The van der Waals surface area contributed by atoms with Crippen LogP contribution in [0.4, 0.5) is 5.69 Å². The van der Waals surface area contributed by atoms with Crippen LogP contribution in [0.1, 0.15) is 24.8 Å². The Balaban J connectivity index is 1.48. The van der Waals surface area contributed by atoms with Gasteiger partial charge < -0.3 is 20.7 Å². The van der Waals surface area contributed by atoms with Crippen molar-refractivity contribution in [1.29, 1.82) is 0 Å². The van der Waals surface area contributed by atoms with Gasteiger partial charge in [0.15, 0.2) is 0 Å². The number of hydrogen-bond acceptors (Lipinski definition) is 4. The van der Waals surface area contributed by atoms with E-state index in [1.54, 1.807) is 0 Å². The second-order valence-electron chi connectivity index (χ2n) is 6.61. The lowest BCUT2D eigenvalue weighted by molar-refractivity contribution is -0.124. The number of hydrogen-bond donors (Lipinski definition) is 3. The molecule has 3 aliphatic heterocycles. The molecule has 0 saturated carbocycles. The first-order valence-electron chi connectivity index (χ1n) is 8.21. The first-order valence-corrected chi connectivity index (χ1v) is 8.21. The topological polar surface area (TPSA) is 79.5 Å². The SMILES string of the molecule is O=C(NC1CCOCC1)[C@H]1C[C@]2(CN1)C(=O)Nc1ccccc12. The van der Waals surface area contributed by atoms with Crippen molar-refractivity contribution in [3.8, 4) is 0 Å². The molecule has 6 heteroatoms. The maximum absolute atomic E-state index is 12.5. The van der Waals surface area contributed by atoms with Crippen molar-refractivity contribution < 1.29 is 14.3 Å². The van der Waals surface area contributed by atoms with Gasteiger partial charge in [0.25, 0.3) is 0 Å². The van der Waals surface area contributed by atoms with Gasteiger partial charge in [-0.1, -0.05) is 18.2 Å². The fourth-order valence-corrected chi connectivity index (χ4v) is 3.87. The Morgan fingerprint density at radius 1 is 1.26 bits per heavy atom. The summed E-state index contributed by atoms with van der Waals surface area (Å²) in [6.45, 7) is 1.90. The smallest absolute Gasteiger partial charge is 0.237 e. The molecule has 1 aromatic carbocycles. The summed E-state index contributed by atoms with van der Waals surface area (Å²) in [6, 6.07) is 7.60. The zero-order valence-electron chi connectivity index (χ0n) is 12.9. The Morgan fingerprint density at radius 3 is 2.87 bits per heavy atom. The van der Waals surface area contributed by atoms with Crippen molar-refractivity contribution in [2.24, 2.45) is 0 Å². The Morgan fingerprint density at radius 2 is 2.04 bits per heavy atom. The number of para-hydroxylation sites is 1. The van der Waals surface area contributed by atoms with Gasteiger partial charge in [-0.3, -0.25) is 9.59 Å². The average molecular weight is 315 g/mol. The molecule has 23 heavy (non-hydrogen) atoms. The van der Waals surface area contributed by atoms with Gasteiger partial charge >= 0.3 is 0 Å². The predicted octanol–water partition coefficient (Wildman–Crippen LogP) is 0.534. The molecule has 3 aliphatic rings. The van der Waals surface area contributed by atoms with E-state index in [1.165, 1.54) is 0 Å². The fourth-order valence-electron chi connectivity index (χ4n) is 3.87. The Hall–Kier alpha value is -1.92. The largest absolute Gasteiger partial charge is 0.381 e. The van der Waals surface area contributed by atoms with Crippen LogP contribution in [0.2, 0.25) is 0 Å². The van der Waals surface area contributed by atoms with Crippen LogP contribution in [0, 0.1) is 0 Å². The van der Waals surface area contributed by atoms with E-state index in [9.17, 15) is 9.59 Å². The Labute approximate surface area is 135 Å². The third kappa shape index (κ3) is 2.42. The van der Waals surface area contributed by atoms with Gasteiger partial charge in [0.05, 0.1) is 11.5 Å². The maximum Gasteiger partial charge on any atom is 0.237 e. The number of ether oxygens (including phenoxy) is 1. The summed E-state index contributed by atoms with van der Waals surface area (Å²) in [7, 11) is 0. The molecule has 0 bridgehead atoms. The number of benzene rings is 1. The van der Waals surface area contributed by atoms with Crippen molar-refractivity contribution >= 4 is 17.5 Å². The van der Waals surface area contributed by atoms with E-state index < -0.39 is 5.41 Å². The van der Waals surface area contributed by atoms with Gasteiger partial charge in [-0.25, -0.2) is 0 Å². The number of fused-ring (bicyclic) bond motifs is 2. The Bertz CT molecular complexity index is 642. The van der Waals surface area contributed by atoms with Crippen LogP contribution in [0.5, 0.6) is 0 Å². The van der Waals surface area contributed by atoms with Crippen molar-refractivity contribution in [2.75, 3.05) is 25.1 Å². The zero-order chi connectivity index (χ0) is 15.9. The molecule has 1 spiro atoms. The first-order chi connectivity index (χ1) is 11.2. The van der Waals surface area contributed by atoms with Crippen LogP contribution in [0.25, 0.3) is 0 Å². The highest BCUT2D eigenvalue weighted by molar-refractivity contribution is 6.07. The summed E-state index contributed by atoms with van der Waals surface area (Å²) in [5.74, 6) is -0.0153. The van der Waals surface area contributed by atoms with Crippen molar-refractivity contribution in [3.63, 3.8) is 0 Å². The standard InChI is InChI=1S/C17H21N3O3/c21-15(19-11-5-7-23-8-6-11)14-9-17(10-18-14)12-3-1-2-4-13(12)20-16(17)22/h1-4,11,14,18H,5-10H2,(H,19,21)(H,20,22)/t14-,17-/m1/s1. The number of anilines is 1. The summed E-state index contributed by atoms with van der Waals surface area (Å²) in [6.07, 6.45) is 2.21. The number of nitrogens with one attached hydrogen (secondary N) is 3. The molecule has 2 fully saturated rings. The second-order valence-corrected chi connectivity index (χ2v) is 6.61. The fraction of sp³-hybridized carbons (Fsp3) is 0.529. The summed E-state index contributed by atoms with van der Waals surface area (Å²) in [5.41, 5.74) is 1.25. The summed E-state index contributed by atoms with van der Waals surface area (Å²) in [5, 5.41) is 9.28. The van der Waals surface area contributed by atoms with E-state index in [4.69, 9.17) is 4.74 Å². The van der Waals surface area contributed by atoms with Gasteiger partial charge in [0.2, 0.25) is 11.8 Å². The molecule has 0 radical (unpaired) electrons. The molecule has 122 valence electrons. The van der Waals surface area contributed by atoms with E-state index in [0.29, 0.717) is 26.2 Å².